The van der Waals surface area contributed by atoms with E-state index in [4.69, 9.17) is 0 Å². The average molecular weight is 379 g/mol. The number of aryl methyl sites for hydroxylation is 1. The van der Waals surface area contributed by atoms with Gasteiger partial charge in [0.25, 0.3) is 10.0 Å². The molecule has 1 aliphatic rings. The van der Waals surface area contributed by atoms with Gasteiger partial charge in [-0.2, -0.15) is 8.42 Å². The molecule has 22 heavy (non-hydrogen) atoms. The number of benzene rings is 2. The van der Waals surface area contributed by atoms with Crippen LogP contribution < -0.4 is 5.32 Å². The van der Waals surface area contributed by atoms with E-state index in [1.165, 1.54) is 0 Å². The lowest BCUT2D eigenvalue weighted by Gasteiger charge is -2.20. The molecule has 1 N–H and O–H groups in total. The molecule has 0 fully saturated rings. The molecule has 0 aliphatic carbocycles. The molecule has 2 aromatic carbocycles. The molecule has 3 rings (SSSR count). The summed E-state index contributed by atoms with van der Waals surface area (Å²) < 4.78 is 29.7. The number of anilines is 1. The largest absolute Gasteiger partial charge is 0.343 e. The van der Waals surface area contributed by atoms with Crippen molar-refractivity contribution < 1.29 is 8.42 Å². The summed E-state index contributed by atoms with van der Waals surface area (Å²) in [5.74, 6) is 0.478. The average Bonchev–Trinajstić information content (AvgIpc) is 2.47. The van der Waals surface area contributed by atoms with Gasteiger partial charge in [0.1, 0.15) is 5.84 Å². The third-order valence-corrected chi connectivity index (χ3v) is 5.63. The minimum absolute atomic E-state index is 0.215. The fourth-order valence-electron chi connectivity index (χ4n) is 2.37. The molecule has 2 aromatic rings. The fraction of sp³-hybridized carbons (Fsp3) is 0.188. The van der Waals surface area contributed by atoms with Crippen LogP contribution in [0.3, 0.4) is 0 Å². The minimum atomic E-state index is -3.68. The number of hydrogen-bond donors (Lipinski definition) is 1. The van der Waals surface area contributed by atoms with Crippen molar-refractivity contribution in [3.05, 3.63) is 58.1 Å². The standard InChI is InChI=1S/C16H15BrN2O2S/c1-11-5-7-12(8-6-11)22(20,21)19-16-10-9-13-14(17)3-2-4-15(13)18-16/h2-8H,9-10H2,1H3,(H,18,19). The van der Waals surface area contributed by atoms with Gasteiger partial charge in [0.05, 0.1) is 4.90 Å². The van der Waals surface area contributed by atoms with Crippen molar-refractivity contribution in [3.8, 4) is 0 Å². The van der Waals surface area contributed by atoms with Crippen LogP contribution in [0.5, 0.6) is 0 Å². The highest BCUT2D eigenvalue weighted by Gasteiger charge is 2.19. The molecule has 1 aliphatic heterocycles. The van der Waals surface area contributed by atoms with Gasteiger partial charge in [-0.05, 0) is 43.2 Å². The van der Waals surface area contributed by atoms with E-state index in [1.807, 2.05) is 25.1 Å². The van der Waals surface area contributed by atoms with E-state index in [9.17, 15) is 8.42 Å². The summed E-state index contributed by atoms with van der Waals surface area (Å²) in [6.45, 7) is 1.92. The fourth-order valence-corrected chi connectivity index (χ4v) is 3.94. The van der Waals surface area contributed by atoms with Gasteiger partial charge < -0.3 is 5.32 Å². The monoisotopic (exact) mass is 378 g/mol. The lowest BCUT2D eigenvalue weighted by Crippen LogP contribution is -2.21. The second kappa shape index (κ2) is 5.85. The number of nitrogens with one attached hydrogen (secondary N) is 1. The second-order valence-electron chi connectivity index (χ2n) is 5.22. The van der Waals surface area contributed by atoms with Crippen molar-refractivity contribution in [1.29, 1.82) is 0 Å². The molecule has 0 saturated heterocycles. The van der Waals surface area contributed by atoms with Crippen LogP contribution in [0.15, 0.2) is 56.2 Å². The molecule has 114 valence electrons. The molecule has 0 amide bonds. The maximum absolute atomic E-state index is 12.4. The highest BCUT2D eigenvalue weighted by molar-refractivity contribution is 9.10. The van der Waals surface area contributed by atoms with Gasteiger partial charge >= 0.3 is 0 Å². The van der Waals surface area contributed by atoms with Gasteiger partial charge in [0.2, 0.25) is 0 Å². The molecular weight excluding hydrogens is 364 g/mol. The smallest absolute Gasteiger partial charge is 0.283 e. The lowest BCUT2D eigenvalue weighted by atomic mass is 10.0. The van der Waals surface area contributed by atoms with Crippen LogP contribution >= 0.6 is 15.9 Å². The zero-order valence-corrected chi connectivity index (χ0v) is 14.4. The molecule has 0 atom stereocenters. The first-order valence-corrected chi connectivity index (χ1v) is 9.14. The Bertz CT molecular complexity index is 843. The van der Waals surface area contributed by atoms with Crippen LogP contribution in [-0.2, 0) is 16.4 Å². The number of amidine groups is 1. The van der Waals surface area contributed by atoms with Gasteiger partial charge in [-0.25, -0.2) is 0 Å². The van der Waals surface area contributed by atoms with E-state index in [0.29, 0.717) is 12.3 Å². The Morgan fingerprint density at radius 1 is 1.09 bits per heavy atom. The number of halogens is 1. The summed E-state index contributed by atoms with van der Waals surface area (Å²) in [7, 11) is -3.68. The summed E-state index contributed by atoms with van der Waals surface area (Å²) >= 11 is 3.51. The molecule has 0 spiro atoms. The van der Waals surface area contributed by atoms with E-state index in [0.717, 1.165) is 27.7 Å². The van der Waals surface area contributed by atoms with Crippen molar-refractivity contribution >= 4 is 37.5 Å². The van der Waals surface area contributed by atoms with Crippen molar-refractivity contribution in [1.82, 2.24) is 0 Å². The van der Waals surface area contributed by atoms with Crippen LogP contribution in [0.1, 0.15) is 17.5 Å². The van der Waals surface area contributed by atoms with E-state index >= 15 is 0 Å². The van der Waals surface area contributed by atoms with Gasteiger partial charge in [0, 0.05) is 16.6 Å². The summed E-state index contributed by atoms with van der Waals surface area (Å²) in [4.78, 5) is 0.215. The number of fused-ring (bicyclic) bond motifs is 1. The van der Waals surface area contributed by atoms with Crippen LogP contribution in [0.4, 0.5) is 5.69 Å². The Kier molecular flexibility index (Phi) is 4.06. The van der Waals surface area contributed by atoms with Crippen LogP contribution in [0, 0.1) is 6.92 Å². The third kappa shape index (κ3) is 3.08. The number of sulfonamides is 1. The van der Waals surface area contributed by atoms with E-state index in [2.05, 4.69) is 25.6 Å². The highest BCUT2D eigenvalue weighted by atomic mass is 79.9. The summed E-state index contributed by atoms with van der Waals surface area (Å²) in [5, 5.41) is 3.12. The van der Waals surface area contributed by atoms with E-state index in [1.54, 1.807) is 24.3 Å². The quantitative estimate of drug-likeness (QED) is 0.861. The molecule has 4 nitrogen and oxygen atoms in total. The van der Waals surface area contributed by atoms with Crippen LogP contribution in [0.25, 0.3) is 0 Å². The topological polar surface area (TPSA) is 58.5 Å². The molecular formula is C16H15BrN2O2S. The van der Waals surface area contributed by atoms with Gasteiger partial charge in [-0.15, -0.1) is 4.40 Å². The van der Waals surface area contributed by atoms with E-state index < -0.39 is 10.0 Å². The highest BCUT2D eigenvalue weighted by Crippen LogP contribution is 2.30. The van der Waals surface area contributed by atoms with Crippen LogP contribution in [0.2, 0.25) is 0 Å². The van der Waals surface area contributed by atoms with Gasteiger partial charge in [-0.3, -0.25) is 0 Å². The molecule has 0 unspecified atom stereocenters. The Hall–Kier alpha value is -1.66. The molecule has 0 radical (unpaired) electrons. The van der Waals surface area contributed by atoms with Crippen LogP contribution in [-0.4, -0.2) is 14.3 Å². The molecule has 0 aromatic heterocycles. The number of rotatable bonds is 2. The van der Waals surface area contributed by atoms with Crippen molar-refractivity contribution in [2.24, 2.45) is 4.40 Å². The Morgan fingerprint density at radius 2 is 1.82 bits per heavy atom. The zero-order valence-electron chi connectivity index (χ0n) is 12.0. The summed E-state index contributed by atoms with van der Waals surface area (Å²) in [6, 6.07) is 12.5. The first-order valence-electron chi connectivity index (χ1n) is 6.91. The molecule has 1 heterocycles. The predicted molar refractivity (Wildman–Crippen MR) is 91.9 cm³/mol. The Labute approximate surface area is 138 Å². The normalized spacial score (nSPS) is 16.2. The molecule has 0 bridgehead atoms. The molecule has 0 saturated carbocycles. The number of hydrogen-bond acceptors (Lipinski definition) is 2. The third-order valence-electron chi connectivity index (χ3n) is 3.56. The first-order chi connectivity index (χ1) is 10.5. The van der Waals surface area contributed by atoms with Gasteiger partial charge in [-0.1, -0.05) is 39.7 Å². The molecule has 6 heteroatoms. The summed E-state index contributed by atoms with van der Waals surface area (Å²) in [6.07, 6.45) is 1.33. The lowest BCUT2D eigenvalue weighted by molar-refractivity contribution is 0.598. The first kappa shape index (κ1) is 15.2. The SMILES string of the molecule is Cc1ccc(S(=O)(=O)N=C2CCc3c(Br)cccc3N2)cc1. The van der Waals surface area contributed by atoms with Gasteiger partial charge in [0.15, 0.2) is 0 Å². The van der Waals surface area contributed by atoms with E-state index in [-0.39, 0.29) is 4.90 Å². The van der Waals surface area contributed by atoms with Crippen molar-refractivity contribution in [2.45, 2.75) is 24.7 Å². The summed E-state index contributed by atoms with van der Waals surface area (Å²) in [5.41, 5.74) is 3.06. The Morgan fingerprint density at radius 3 is 2.55 bits per heavy atom. The Balaban J connectivity index is 1.91. The maximum Gasteiger partial charge on any atom is 0.283 e. The second-order valence-corrected chi connectivity index (χ2v) is 7.68. The predicted octanol–water partition coefficient (Wildman–Crippen LogP) is 3.90. The minimum Gasteiger partial charge on any atom is -0.343 e. The maximum atomic E-state index is 12.4. The zero-order chi connectivity index (χ0) is 15.7. The number of nitrogens with zero attached hydrogens (tertiary/aromatic N) is 1. The van der Waals surface area contributed by atoms with Crippen molar-refractivity contribution in [3.63, 3.8) is 0 Å². The van der Waals surface area contributed by atoms with Crippen molar-refractivity contribution in [2.75, 3.05) is 5.32 Å².